The number of aromatic nitrogens is 4. The summed E-state index contributed by atoms with van der Waals surface area (Å²) < 4.78 is 39.2. The molecule has 1 aliphatic rings. The Morgan fingerprint density at radius 1 is 1.11 bits per heavy atom. The number of rotatable bonds is 2. The van der Waals surface area contributed by atoms with Gasteiger partial charge in [0, 0.05) is 18.0 Å². The molecular weight excluding hydrogens is 389 g/mol. The van der Waals surface area contributed by atoms with Gasteiger partial charge >= 0.3 is 6.18 Å². The summed E-state index contributed by atoms with van der Waals surface area (Å²) >= 11 is 6.25. The lowest BCUT2D eigenvalue weighted by Crippen LogP contribution is -2.12. The smallest absolute Gasteiger partial charge is 0.253 e. The van der Waals surface area contributed by atoms with Crippen LogP contribution < -0.4 is 0 Å². The molecule has 8 heteroatoms. The van der Waals surface area contributed by atoms with E-state index in [1.807, 2.05) is 6.92 Å². The van der Waals surface area contributed by atoms with Crippen molar-refractivity contribution in [1.29, 1.82) is 0 Å². The van der Waals surface area contributed by atoms with Crippen LogP contribution in [0.4, 0.5) is 13.2 Å². The first-order chi connectivity index (χ1) is 13.3. The molecule has 0 amide bonds. The summed E-state index contributed by atoms with van der Waals surface area (Å²) in [5, 5.41) is 0.438. The van der Waals surface area contributed by atoms with E-state index >= 15 is 0 Å². The van der Waals surface area contributed by atoms with E-state index in [-0.39, 0.29) is 6.42 Å². The molecular formula is C20H13ClF3N4. The summed E-state index contributed by atoms with van der Waals surface area (Å²) in [4.78, 5) is 17.4. The highest BCUT2D eigenvalue weighted by molar-refractivity contribution is 6.33. The minimum absolute atomic E-state index is 0.193. The van der Waals surface area contributed by atoms with Crippen molar-refractivity contribution in [2.45, 2.75) is 19.5 Å². The van der Waals surface area contributed by atoms with Gasteiger partial charge in [0.1, 0.15) is 16.9 Å². The molecule has 0 spiro atoms. The van der Waals surface area contributed by atoms with Crippen LogP contribution in [-0.4, -0.2) is 26.1 Å². The van der Waals surface area contributed by atoms with Gasteiger partial charge in [0.15, 0.2) is 5.65 Å². The molecule has 3 aromatic heterocycles. The van der Waals surface area contributed by atoms with Gasteiger partial charge in [-0.25, -0.2) is 15.0 Å². The Morgan fingerprint density at radius 2 is 1.93 bits per heavy atom. The second-order valence-electron chi connectivity index (χ2n) is 6.33. The molecule has 0 saturated heterocycles. The van der Waals surface area contributed by atoms with Gasteiger partial charge < -0.3 is 0 Å². The Hall–Kier alpha value is -2.80. The highest BCUT2D eigenvalue weighted by Gasteiger charge is 2.33. The van der Waals surface area contributed by atoms with Crippen LogP contribution >= 0.6 is 11.6 Å². The van der Waals surface area contributed by atoms with Gasteiger partial charge in [-0.1, -0.05) is 17.7 Å². The van der Waals surface area contributed by atoms with Gasteiger partial charge in [-0.05, 0) is 49.1 Å². The van der Waals surface area contributed by atoms with E-state index in [1.165, 1.54) is 12.4 Å². The Labute approximate surface area is 163 Å². The topological polar surface area (TPSA) is 51.6 Å². The zero-order valence-electron chi connectivity index (χ0n) is 14.6. The largest absolute Gasteiger partial charge is 0.416 e. The minimum atomic E-state index is -4.39. The maximum Gasteiger partial charge on any atom is 0.416 e. The second kappa shape index (κ2) is 6.98. The molecule has 4 nitrogen and oxygen atoms in total. The van der Waals surface area contributed by atoms with Crippen LogP contribution in [0.25, 0.3) is 28.1 Å². The van der Waals surface area contributed by atoms with Crippen LogP contribution in [0.5, 0.6) is 0 Å². The van der Waals surface area contributed by atoms with Crippen LogP contribution in [-0.2, 0) is 0 Å². The molecule has 0 N–H and O–H groups in total. The number of hydrogen-bond donors (Lipinski definition) is 0. The number of nitrogens with zero attached hydrogens (tertiary/aromatic N) is 4. The van der Waals surface area contributed by atoms with Gasteiger partial charge in [0.25, 0.3) is 0 Å². The fourth-order valence-corrected chi connectivity index (χ4v) is 3.29. The third-order valence-electron chi connectivity index (χ3n) is 4.29. The molecule has 1 radical (unpaired) electrons. The van der Waals surface area contributed by atoms with Crippen LogP contribution in [0, 0.1) is 13.3 Å². The summed E-state index contributed by atoms with van der Waals surface area (Å²) in [7, 11) is 0. The number of allylic oxidation sites excluding steroid dienone is 4. The first kappa shape index (κ1) is 18.6. The third-order valence-corrected chi connectivity index (χ3v) is 4.58. The van der Waals surface area contributed by atoms with Crippen molar-refractivity contribution in [2.75, 3.05) is 0 Å². The molecule has 141 valence electrons. The van der Waals surface area contributed by atoms with Crippen LogP contribution in [0.15, 0.2) is 48.4 Å². The molecule has 0 fully saturated rings. The van der Waals surface area contributed by atoms with Crippen LogP contribution in [0.2, 0.25) is 5.02 Å². The standard InChI is InChI=1S/C20H13ClF3N4/c1-11-7-15(21)18(26-9-11)16-10-27-17-14(5-6-25-19(17)28-16)12-3-2-4-13(8-12)20(22,23)24/h3-10H,2H2,1H3. The molecule has 0 atom stereocenters. The number of hydrogen-bond acceptors (Lipinski definition) is 4. The van der Waals surface area contributed by atoms with Gasteiger partial charge in [-0.2, -0.15) is 13.2 Å². The van der Waals surface area contributed by atoms with E-state index in [2.05, 4.69) is 19.9 Å². The molecule has 1 aliphatic carbocycles. The quantitative estimate of drug-likeness (QED) is 0.566. The lowest BCUT2D eigenvalue weighted by atomic mass is 9.93. The SMILES string of the molecule is Cc1cnc(-c2cnc3c(C4=CC(C(F)(F)F)=CC[CH]4)ccnc3n2)c(Cl)c1. The number of aryl methyl sites for hydroxylation is 1. The van der Waals surface area contributed by atoms with Crippen molar-refractivity contribution in [1.82, 2.24) is 19.9 Å². The average molecular weight is 402 g/mol. The Bertz CT molecular complexity index is 1140. The number of halogens is 4. The van der Waals surface area contributed by atoms with Crippen molar-refractivity contribution in [3.63, 3.8) is 0 Å². The van der Waals surface area contributed by atoms with Crippen molar-refractivity contribution >= 4 is 28.3 Å². The summed E-state index contributed by atoms with van der Waals surface area (Å²) in [5.74, 6) is 0. The maximum atomic E-state index is 13.1. The van der Waals surface area contributed by atoms with Crippen molar-refractivity contribution in [2.24, 2.45) is 0 Å². The number of fused-ring (bicyclic) bond motifs is 1. The van der Waals surface area contributed by atoms with E-state index in [1.54, 1.807) is 24.8 Å². The van der Waals surface area contributed by atoms with Crippen molar-refractivity contribution in [3.8, 4) is 11.4 Å². The number of alkyl halides is 3. The molecule has 0 unspecified atom stereocenters. The highest BCUT2D eigenvalue weighted by Crippen LogP contribution is 2.36. The molecule has 0 bridgehead atoms. The van der Waals surface area contributed by atoms with Gasteiger partial charge in [-0.3, -0.25) is 4.98 Å². The summed E-state index contributed by atoms with van der Waals surface area (Å²) in [6, 6.07) is 3.40. The highest BCUT2D eigenvalue weighted by atomic mass is 35.5. The zero-order chi connectivity index (χ0) is 19.9. The first-order valence-electron chi connectivity index (χ1n) is 8.40. The normalized spacial score (nSPS) is 14.8. The lowest BCUT2D eigenvalue weighted by Gasteiger charge is -2.16. The monoisotopic (exact) mass is 401 g/mol. The zero-order valence-corrected chi connectivity index (χ0v) is 15.4. The minimum Gasteiger partial charge on any atom is -0.253 e. The molecule has 3 heterocycles. The summed E-state index contributed by atoms with van der Waals surface area (Å²) in [5.41, 5.74) is 2.87. The summed E-state index contributed by atoms with van der Waals surface area (Å²) in [6.45, 7) is 1.88. The predicted molar refractivity (Wildman–Crippen MR) is 101 cm³/mol. The molecule has 28 heavy (non-hydrogen) atoms. The Balaban J connectivity index is 1.80. The lowest BCUT2D eigenvalue weighted by molar-refractivity contribution is -0.0884. The van der Waals surface area contributed by atoms with Gasteiger partial charge in [0.2, 0.25) is 0 Å². The molecule has 0 aromatic carbocycles. The van der Waals surface area contributed by atoms with E-state index < -0.39 is 11.7 Å². The van der Waals surface area contributed by atoms with E-state index in [0.717, 1.165) is 17.7 Å². The van der Waals surface area contributed by atoms with Crippen LogP contribution in [0.1, 0.15) is 17.5 Å². The fraction of sp³-hybridized carbons (Fsp3) is 0.150. The third kappa shape index (κ3) is 3.49. The molecule has 4 rings (SSSR count). The Morgan fingerprint density at radius 3 is 2.68 bits per heavy atom. The fourth-order valence-electron chi connectivity index (χ4n) is 2.97. The molecule has 0 saturated carbocycles. The molecule has 3 aromatic rings. The Kier molecular flexibility index (Phi) is 4.63. The average Bonchev–Trinajstić information content (AvgIpc) is 2.66. The van der Waals surface area contributed by atoms with Gasteiger partial charge in [0.05, 0.1) is 16.8 Å². The van der Waals surface area contributed by atoms with Crippen molar-refractivity contribution < 1.29 is 13.2 Å². The second-order valence-corrected chi connectivity index (χ2v) is 6.73. The van der Waals surface area contributed by atoms with E-state index in [4.69, 9.17) is 11.6 Å². The predicted octanol–water partition coefficient (Wildman–Crippen LogP) is 5.53. The van der Waals surface area contributed by atoms with E-state index in [0.29, 0.717) is 38.7 Å². The van der Waals surface area contributed by atoms with Crippen LogP contribution in [0.3, 0.4) is 0 Å². The molecule has 0 aliphatic heterocycles. The number of pyridine rings is 2. The first-order valence-corrected chi connectivity index (χ1v) is 8.77. The van der Waals surface area contributed by atoms with E-state index in [9.17, 15) is 13.2 Å². The van der Waals surface area contributed by atoms with Crippen molar-refractivity contribution in [3.05, 3.63) is 71.0 Å². The summed E-state index contributed by atoms with van der Waals surface area (Å²) in [6.07, 6.45) is 4.46. The van der Waals surface area contributed by atoms with Gasteiger partial charge in [-0.15, -0.1) is 0 Å². The maximum absolute atomic E-state index is 13.1.